The first-order chi connectivity index (χ1) is 11.9. The van der Waals surface area contributed by atoms with E-state index in [1.165, 1.54) is 22.6 Å². The largest absolute Gasteiger partial charge is 0.312 e. The van der Waals surface area contributed by atoms with Crippen LogP contribution < -0.4 is 0 Å². The van der Waals surface area contributed by atoms with Crippen LogP contribution in [0.15, 0.2) is 85.2 Å². The van der Waals surface area contributed by atoms with Crippen LogP contribution in [0, 0.1) is 0 Å². The van der Waals surface area contributed by atoms with Crippen molar-refractivity contribution in [1.29, 1.82) is 0 Å². The zero-order valence-corrected chi connectivity index (χ0v) is 13.6. The minimum atomic E-state index is 0.954. The monoisotopic (exact) mass is 313 g/mol. The SMILES string of the molecule is CCc1cc(-n2cccn2)c(-c2ccccc2)n1-c1ccccc1. The lowest BCUT2D eigenvalue weighted by Crippen LogP contribution is -2.03. The molecule has 0 bridgehead atoms. The summed E-state index contributed by atoms with van der Waals surface area (Å²) in [5.74, 6) is 0. The summed E-state index contributed by atoms with van der Waals surface area (Å²) < 4.78 is 4.28. The molecule has 0 saturated carbocycles. The molecule has 0 aliphatic heterocycles. The molecular weight excluding hydrogens is 294 g/mol. The first-order valence-corrected chi connectivity index (χ1v) is 8.24. The van der Waals surface area contributed by atoms with Gasteiger partial charge in [0.15, 0.2) is 0 Å². The van der Waals surface area contributed by atoms with Crippen molar-refractivity contribution in [2.75, 3.05) is 0 Å². The molecule has 0 spiro atoms. The van der Waals surface area contributed by atoms with E-state index >= 15 is 0 Å². The van der Waals surface area contributed by atoms with Gasteiger partial charge in [-0.15, -0.1) is 0 Å². The van der Waals surface area contributed by atoms with Gasteiger partial charge in [0, 0.05) is 29.3 Å². The zero-order valence-electron chi connectivity index (χ0n) is 13.6. The van der Waals surface area contributed by atoms with E-state index in [0.717, 1.165) is 12.1 Å². The first-order valence-electron chi connectivity index (χ1n) is 8.24. The highest BCUT2D eigenvalue weighted by Gasteiger charge is 2.18. The van der Waals surface area contributed by atoms with Crippen LogP contribution in [-0.4, -0.2) is 14.3 Å². The molecule has 2 aromatic heterocycles. The fourth-order valence-electron chi connectivity index (χ4n) is 3.14. The summed E-state index contributed by atoms with van der Waals surface area (Å²) in [5.41, 5.74) is 5.90. The smallest absolute Gasteiger partial charge is 0.0909 e. The molecule has 118 valence electrons. The highest BCUT2D eigenvalue weighted by molar-refractivity contribution is 5.73. The van der Waals surface area contributed by atoms with Gasteiger partial charge in [0.05, 0.1) is 11.4 Å². The second kappa shape index (κ2) is 6.20. The van der Waals surface area contributed by atoms with Gasteiger partial charge in [-0.3, -0.25) is 0 Å². The van der Waals surface area contributed by atoms with Crippen LogP contribution in [0.4, 0.5) is 0 Å². The van der Waals surface area contributed by atoms with Crippen molar-refractivity contribution >= 4 is 0 Å². The number of hydrogen-bond donors (Lipinski definition) is 0. The van der Waals surface area contributed by atoms with Crippen LogP contribution in [0.2, 0.25) is 0 Å². The molecule has 2 aromatic carbocycles. The van der Waals surface area contributed by atoms with E-state index in [4.69, 9.17) is 0 Å². The Kier molecular flexibility index (Phi) is 3.75. The quantitative estimate of drug-likeness (QED) is 0.526. The molecule has 24 heavy (non-hydrogen) atoms. The number of rotatable bonds is 4. The second-order valence-electron chi connectivity index (χ2n) is 5.71. The molecular formula is C21H19N3. The molecule has 0 aliphatic carbocycles. The zero-order chi connectivity index (χ0) is 16.4. The summed E-state index contributed by atoms with van der Waals surface area (Å²) >= 11 is 0. The second-order valence-corrected chi connectivity index (χ2v) is 5.71. The molecule has 0 atom stereocenters. The molecule has 2 heterocycles. The fraction of sp³-hybridized carbons (Fsp3) is 0.0952. The van der Waals surface area contributed by atoms with Crippen LogP contribution in [0.5, 0.6) is 0 Å². The van der Waals surface area contributed by atoms with Crippen LogP contribution in [-0.2, 0) is 6.42 Å². The molecule has 4 aromatic rings. The molecule has 0 radical (unpaired) electrons. The van der Waals surface area contributed by atoms with Crippen molar-refractivity contribution in [3.63, 3.8) is 0 Å². The lowest BCUT2D eigenvalue weighted by atomic mass is 10.1. The third kappa shape index (κ3) is 2.44. The van der Waals surface area contributed by atoms with Gasteiger partial charge >= 0.3 is 0 Å². The Bertz CT molecular complexity index is 920. The number of para-hydroxylation sites is 1. The summed E-state index contributed by atoms with van der Waals surface area (Å²) in [6, 6.07) is 25.2. The Labute approximate surface area is 141 Å². The van der Waals surface area contributed by atoms with E-state index in [1.54, 1.807) is 0 Å². The number of aryl methyl sites for hydroxylation is 1. The van der Waals surface area contributed by atoms with E-state index in [2.05, 4.69) is 77.3 Å². The maximum atomic E-state index is 4.46. The van der Waals surface area contributed by atoms with Crippen molar-refractivity contribution in [2.24, 2.45) is 0 Å². The predicted molar refractivity (Wildman–Crippen MR) is 97.7 cm³/mol. The molecule has 0 N–H and O–H groups in total. The Morgan fingerprint density at radius 3 is 2.21 bits per heavy atom. The lowest BCUT2D eigenvalue weighted by Gasteiger charge is -2.14. The topological polar surface area (TPSA) is 22.8 Å². The third-order valence-electron chi connectivity index (χ3n) is 4.23. The Morgan fingerprint density at radius 1 is 0.875 bits per heavy atom. The van der Waals surface area contributed by atoms with Gasteiger partial charge in [0.25, 0.3) is 0 Å². The van der Waals surface area contributed by atoms with E-state index in [9.17, 15) is 0 Å². The molecule has 3 heteroatoms. The van der Waals surface area contributed by atoms with Crippen molar-refractivity contribution in [2.45, 2.75) is 13.3 Å². The highest BCUT2D eigenvalue weighted by Crippen LogP contribution is 2.33. The average Bonchev–Trinajstić information content (AvgIpc) is 3.30. The third-order valence-corrected chi connectivity index (χ3v) is 4.23. The summed E-state index contributed by atoms with van der Waals surface area (Å²) in [7, 11) is 0. The van der Waals surface area contributed by atoms with Crippen molar-refractivity contribution < 1.29 is 0 Å². The van der Waals surface area contributed by atoms with E-state index in [0.29, 0.717) is 0 Å². The number of nitrogens with zero attached hydrogens (tertiary/aromatic N) is 3. The molecule has 3 nitrogen and oxygen atoms in total. The molecule has 0 fully saturated rings. The van der Waals surface area contributed by atoms with Gasteiger partial charge in [-0.05, 0) is 30.7 Å². The van der Waals surface area contributed by atoms with Crippen LogP contribution in [0.25, 0.3) is 22.6 Å². The van der Waals surface area contributed by atoms with Crippen LogP contribution >= 0.6 is 0 Å². The van der Waals surface area contributed by atoms with Crippen molar-refractivity contribution in [3.05, 3.63) is 90.9 Å². The number of aromatic nitrogens is 3. The van der Waals surface area contributed by atoms with Gasteiger partial charge in [0.1, 0.15) is 0 Å². The van der Waals surface area contributed by atoms with Gasteiger partial charge in [-0.2, -0.15) is 5.10 Å². The van der Waals surface area contributed by atoms with Crippen molar-refractivity contribution in [3.8, 4) is 22.6 Å². The molecule has 0 saturated heterocycles. The Morgan fingerprint density at radius 2 is 1.58 bits per heavy atom. The Hall–Kier alpha value is -3.07. The van der Waals surface area contributed by atoms with Gasteiger partial charge in [-0.25, -0.2) is 4.68 Å². The summed E-state index contributed by atoms with van der Waals surface area (Å²) in [4.78, 5) is 0. The van der Waals surface area contributed by atoms with Crippen LogP contribution in [0.1, 0.15) is 12.6 Å². The maximum Gasteiger partial charge on any atom is 0.0909 e. The number of benzene rings is 2. The van der Waals surface area contributed by atoms with Gasteiger partial charge < -0.3 is 4.57 Å². The van der Waals surface area contributed by atoms with Gasteiger partial charge in [-0.1, -0.05) is 55.5 Å². The lowest BCUT2D eigenvalue weighted by molar-refractivity contribution is 0.880. The van der Waals surface area contributed by atoms with Gasteiger partial charge in [0.2, 0.25) is 0 Å². The van der Waals surface area contributed by atoms with Crippen LogP contribution in [0.3, 0.4) is 0 Å². The summed E-state index contributed by atoms with van der Waals surface area (Å²) in [6.07, 6.45) is 4.77. The normalized spacial score (nSPS) is 10.9. The molecule has 4 rings (SSSR count). The summed E-state index contributed by atoms with van der Waals surface area (Å²) in [6.45, 7) is 2.19. The van der Waals surface area contributed by atoms with Crippen molar-refractivity contribution in [1.82, 2.24) is 14.3 Å². The highest BCUT2D eigenvalue weighted by atomic mass is 15.3. The molecule has 0 aliphatic rings. The first kappa shape index (κ1) is 14.5. The minimum absolute atomic E-state index is 0.954. The van der Waals surface area contributed by atoms with E-state index < -0.39 is 0 Å². The Balaban J connectivity index is 2.05. The summed E-state index contributed by atoms with van der Waals surface area (Å²) in [5, 5.41) is 4.46. The molecule has 0 amide bonds. The standard InChI is InChI=1S/C21H19N3/c1-2-18-16-20(23-15-9-14-22-23)21(17-10-5-3-6-11-17)24(18)19-12-7-4-8-13-19/h3-16H,2H2,1H3. The molecule has 0 unspecified atom stereocenters. The minimum Gasteiger partial charge on any atom is -0.312 e. The maximum absolute atomic E-state index is 4.46. The van der Waals surface area contributed by atoms with E-state index in [1.807, 2.05) is 29.2 Å². The number of hydrogen-bond acceptors (Lipinski definition) is 1. The predicted octanol–water partition coefficient (Wildman–Crippen LogP) is 4.89. The fourth-order valence-corrected chi connectivity index (χ4v) is 3.14. The van der Waals surface area contributed by atoms with E-state index in [-0.39, 0.29) is 0 Å². The average molecular weight is 313 g/mol.